The van der Waals surface area contributed by atoms with Crippen molar-refractivity contribution in [2.75, 3.05) is 0 Å². The van der Waals surface area contributed by atoms with Gasteiger partial charge in [-0.05, 0) is 37.0 Å². The number of carbonyl (C=O) groups excluding carboxylic acids is 1. The van der Waals surface area contributed by atoms with E-state index in [1.165, 1.54) is 0 Å². The molecule has 1 amide bonds. The van der Waals surface area contributed by atoms with Crippen molar-refractivity contribution in [1.82, 2.24) is 5.32 Å². The average molecular weight is 326 g/mol. The normalized spacial score (nSPS) is 12.7. The number of benzene rings is 1. The van der Waals surface area contributed by atoms with Crippen LogP contribution in [0.4, 0.5) is 0 Å². The number of rotatable bonds is 8. The minimum absolute atomic E-state index is 0.0599. The van der Waals surface area contributed by atoms with Gasteiger partial charge in [0.25, 0.3) is 0 Å². The Bertz CT molecular complexity index is 526. The quantitative estimate of drug-likeness (QED) is 0.766. The number of carboxylic acid groups (broad SMARTS) is 1. The second-order valence-corrected chi connectivity index (χ2v) is 6.22. The summed E-state index contributed by atoms with van der Waals surface area (Å²) in [7, 11) is 0. The smallest absolute Gasteiger partial charge is 0.305 e. The Hall–Kier alpha value is -1.55. The summed E-state index contributed by atoms with van der Waals surface area (Å²) in [4.78, 5) is 23.5. The van der Waals surface area contributed by atoms with Gasteiger partial charge in [-0.15, -0.1) is 0 Å². The summed E-state index contributed by atoms with van der Waals surface area (Å²) in [6.45, 7) is 5.63. The maximum atomic E-state index is 12.4. The highest BCUT2D eigenvalue weighted by Gasteiger charge is 2.32. The fourth-order valence-corrected chi connectivity index (χ4v) is 2.72. The molecule has 1 rings (SSSR count). The Kier molecular flexibility index (Phi) is 6.88. The van der Waals surface area contributed by atoms with Crippen molar-refractivity contribution in [1.29, 1.82) is 0 Å². The SMILES string of the molecule is CCC(CC)(CC(=O)O)NC(=O)C(C)Cc1cccc(Cl)c1. The standard InChI is InChI=1S/C17H24ClNO3/c1-4-17(5-2,11-15(20)21)19-16(22)12(3)9-13-7-6-8-14(18)10-13/h6-8,10,12H,4-5,9,11H2,1-3H3,(H,19,22)(H,20,21). The topological polar surface area (TPSA) is 66.4 Å². The minimum atomic E-state index is -0.897. The minimum Gasteiger partial charge on any atom is -0.481 e. The van der Waals surface area contributed by atoms with Gasteiger partial charge in [0, 0.05) is 16.5 Å². The molecule has 2 N–H and O–H groups in total. The summed E-state index contributed by atoms with van der Waals surface area (Å²) in [5.74, 6) is -1.26. The van der Waals surface area contributed by atoms with E-state index in [9.17, 15) is 9.59 Å². The molecule has 0 saturated heterocycles. The van der Waals surface area contributed by atoms with E-state index in [-0.39, 0.29) is 18.2 Å². The lowest BCUT2D eigenvalue weighted by Crippen LogP contribution is -2.50. The highest BCUT2D eigenvalue weighted by atomic mass is 35.5. The predicted octanol–water partition coefficient (Wildman–Crippen LogP) is 3.67. The molecule has 0 radical (unpaired) electrons. The van der Waals surface area contributed by atoms with Gasteiger partial charge >= 0.3 is 5.97 Å². The van der Waals surface area contributed by atoms with Crippen LogP contribution in [-0.2, 0) is 16.0 Å². The van der Waals surface area contributed by atoms with Crippen LogP contribution in [0.25, 0.3) is 0 Å². The van der Waals surface area contributed by atoms with Crippen LogP contribution in [0.1, 0.15) is 45.6 Å². The van der Waals surface area contributed by atoms with Crippen molar-refractivity contribution in [2.45, 2.75) is 52.0 Å². The summed E-state index contributed by atoms with van der Waals surface area (Å²) < 4.78 is 0. The van der Waals surface area contributed by atoms with Crippen LogP contribution >= 0.6 is 11.6 Å². The maximum Gasteiger partial charge on any atom is 0.305 e. The van der Waals surface area contributed by atoms with E-state index >= 15 is 0 Å². The molecule has 0 bridgehead atoms. The molecular formula is C17H24ClNO3. The third kappa shape index (κ3) is 5.34. The van der Waals surface area contributed by atoms with Crippen LogP contribution < -0.4 is 5.32 Å². The van der Waals surface area contributed by atoms with Gasteiger partial charge < -0.3 is 10.4 Å². The molecule has 1 aromatic carbocycles. The predicted molar refractivity (Wildman–Crippen MR) is 88.0 cm³/mol. The van der Waals surface area contributed by atoms with Gasteiger partial charge in [-0.25, -0.2) is 0 Å². The van der Waals surface area contributed by atoms with Crippen LogP contribution in [0.15, 0.2) is 24.3 Å². The van der Waals surface area contributed by atoms with E-state index in [4.69, 9.17) is 16.7 Å². The number of carboxylic acids is 1. The monoisotopic (exact) mass is 325 g/mol. The Labute approximate surface area is 136 Å². The van der Waals surface area contributed by atoms with E-state index in [0.29, 0.717) is 24.3 Å². The molecule has 5 heteroatoms. The van der Waals surface area contributed by atoms with E-state index in [2.05, 4.69) is 5.32 Å². The van der Waals surface area contributed by atoms with Crippen molar-refractivity contribution in [2.24, 2.45) is 5.92 Å². The molecule has 0 aliphatic carbocycles. The lowest BCUT2D eigenvalue weighted by molar-refractivity contribution is -0.139. The molecule has 22 heavy (non-hydrogen) atoms. The number of aliphatic carboxylic acids is 1. The first-order valence-corrected chi connectivity index (χ1v) is 7.98. The second-order valence-electron chi connectivity index (χ2n) is 5.78. The molecule has 4 nitrogen and oxygen atoms in total. The molecule has 0 fully saturated rings. The Balaban J connectivity index is 2.74. The summed E-state index contributed by atoms with van der Waals surface area (Å²) in [6.07, 6.45) is 1.69. The fraction of sp³-hybridized carbons (Fsp3) is 0.529. The van der Waals surface area contributed by atoms with Gasteiger partial charge in [0.2, 0.25) is 5.91 Å². The first kappa shape index (κ1) is 18.5. The number of carbonyl (C=O) groups is 2. The van der Waals surface area contributed by atoms with Gasteiger partial charge in [0.15, 0.2) is 0 Å². The fourth-order valence-electron chi connectivity index (χ4n) is 2.51. The van der Waals surface area contributed by atoms with E-state index in [0.717, 1.165) is 5.56 Å². The molecular weight excluding hydrogens is 302 g/mol. The molecule has 1 atom stereocenters. The molecule has 0 saturated carbocycles. The van der Waals surface area contributed by atoms with E-state index in [1.807, 2.05) is 39.0 Å². The first-order chi connectivity index (χ1) is 10.3. The summed E-state index contributed by atoms with van der Waals surface area (Å²) in [6, 6.07) is 7.42. The van der Waals surface area contributed by atoms with Crippen LogP contribution in [0.5, 0.6) is 0 Å². The third-order valence-corrected chi connectivity index (χ3v) is 4.35. The number of halogens is 1. The first-order valence-electron chi connectivity index (χ1n) is 7.60. The van der Waals surface area contributed by atoms with Crippen LogP contribution in [0.2, 0.25) is 5.02 Å². The zero-order chi connectivity index (χ0) is 16.8. The molecule has 0 spiro atoms. The number of hydrogen-bond donors (Lipinski definition) is 2. The van der Waals surface area contributed by atoms with Crippen molar-refractivity contribution in [3.05, 3.63) is 34.9 Å². The van der Waals surface area contributed by atoms with Gasteiger partial charge in [0.05, 0.1) is 6.42 Å². The lowest BCUT2D eigenvalue weighted by atomic mass is 9.87. The Morgan fingerprint density at radius 3 is 2.45 bits per heavy atom. The molecule has 1 unspecified atom stereocenters. The van der Waals surface area contributed by atoms with Gasteiger partial charge in [-0.2, -0.15) is 0 Å². The van der Waals surface area contributed by atoms with Crippen LogP contribution in [0.3, 0.4) is 0 Å². The van der Waals surface area contributed by atoms with E-state index in [1.54, 1.807) is 6.07 Å². The van der Waals surface area contributed by atoms with Crippen LogP contribution in [-0.4, -0.2) is 22.5 Å². The second kappa shape index (κ2) is 8.18. The molecule has 0 heterocycles. The average Bonchev–Trinajstić information content (AvgIpc) is 2.45. The largest absolute Gasteiger partial charge is 0.481 e. The third-order valence-electron chi connectivity index (χ3n) is 4.11. The Morgan fingerprint density at radius 1 is 1.32 bits per heavy atom. The zero-order valence-electron chi connectivity index (χ0n) is 13.4. The van der Waals surface area contributed by atoms with Crippen molar-refractivity contribution >= 4 is 23.5 Å². The maximum absolute atomic E-state index is 12.4. The molecule has 0 aromatic heterocycles. The summed E-state index contributed by atoms with van der Waals surface area (Å²) in [5.41, 5.74) is 0.317. The summed E-state index contributed by atoms with van der Waals surface area (Å²) in [5, 5.41) is 12.7. The highest BCUT2D eigenvalue weighted by Crippen LogP contribution is 2.21. The van der Waals surface area contributed by atoms with Crippen LogP contribution in [0, 0.1) is 5.92 Å². The zero-order valence-corrected chi connectivity index (χ0v) is 14.1. The Morgan fingerprint density at radius 2 is 1.95 bits per heavy atom. The van der Waals surface area contributed by atoms with Crippen molar-refractivity contribution < 1.29 is 14.7 Å². The molecule has 0 aliphatic heterocycles. The molecule has 0 aliphatic rings. The molecule has 122 valence electrons. The van der Waals surface area contributed by atoms with Crippen molar-refractivity contribution in [3.63, 3.8) is 0 Å². The van der Waals surface area contributed by atoms with Gasteiger partial charge in [-0.1, -0.05) is 44.5 Å². The number of amides is 1. The van der Waals surface area contributed by atoms with Gasteiger partial charge in [0.1, 0.15) is 0 Å². The highest BCUT2D eigenvalue weighted by molar-refractivity contribution is 6.30. The molecule has 1 aromatic rings. The lowest BCUT2D eigenvalue weighted by Gasteiger charge is -2.32. The summed E-state index contributed by atoms with van der Waals surface area (Å²) >= 11 is 5.95. The number of nitrogens with one attached hydrogen (secondary N) is 1. The van der Waals surface area contributed by atoms with Gasteiger partial charge in [-0.3, -0.25) is 9.59 Å². The number of hydrogen-bond acceptors (Lipinski definition) is 2. The van der Waals surface area contributed by atoms with Crippen molar-refractivity contribution in [3.8, 4) is 0 Å². The van der Waals surface area contributed by atoms with E-state index < -0.39 is 11.5 Å².